The number of hydrogen-bond acceptors (Lipinski definition) is 2. The van der Waals surface area contributed by atoms with E-state index in [1.807, 2.05) is 13.8 Å². The molecule has 0 aliphatic rings. The molecule has 0 aromatic carbocycles. The summed E-state index contributed by atoms with van der Waals surface area (Å²) >= 11 is 0. The first-order chi connectivity index (χ1) is 6.07. The van der Waals surface area contributed by atoms with Crippen LogP contribution in [0.25, 0.3) is 0 Å². The number of rotatable bonds is 5. The highest BCUT2D eigenvalue weighted by Gasteiger charge is 2.31. The largest absolute Gasteiger partial charge is 0.232 e. The van der Waals surface area contributed by atoms with Crippen LogP contribution in [0.5, 0.6) is 0 Å². The molecule has 0 N–H and O–H groups in total. The predicted molar refractivity (Wildman–Crippen MR) is 62.2 cm³/mol. The second kappa shape index (κ2) is 4.65. The second-order valence-electron chi connectivity index (χ2n) is 5.98. The van der Waals surface area contributed by atoms with Crippen molar-refractivity contribution in [2.75, 3.05) is 5.75 Å². The van der Waals surface area contributed by atoms with E-state index in [0.29, 0.717) is 11.7 Å². The van der Waals surface area contributed by atoms with Crippen molar-refractivity contribution < 1.29 is 8.42 Å². The first kappa shape index (κ1) is 13.9. The fraction of sp³-hybridized carbons (Fsp3) is 1.00. The summed E-state index contributed by atoms with van der Waals surface area (Å²) in [5, 5.41) is 0. The highest BCUT2D eigenvalue weighted by atomic mass is 32.2. The minimum atomic E-state index is -2.26. The first-order valence-corrected chi connectivity index (χ1v) is 6.55. The monoisotopic (exact) mass is 220 g/mol. The van der Waals surface area contributed by atoms with Crippen molar-refractivity contribution >= 4 is 10.7 Å². The molecule has 0 unspecified atom stereocenters. The van der Waals surface area contributed by atoms with Crippen LogP contribution in [0.4, 0.5) is 0 Å². The van der Waals surface area contributed by atoms with Crippen LogP contribution in [0.15, 0.2) is 0 Å². The standard InChI is InChI=1S/C11H24O2S/c1-9(2)11(5,6)7-10(3,4)8-14(12)13/h9,14H,7-8H2,1-6H3. The Labute approximate surface area is 90.0 Å². The van der Waals surface area contributed by atoms with Crippen molar-refractivity contribution in [3.63, 3.8) is 0 Å². The van der Waals surface area contributed by atoms with E-state index in [-0.39, 0.29) is 10.8 Å². The van der Waals surface area contributed by atoms with Crippen LogP contribution >= 0.6 is 0 Å². The lowest BCUT2D eigenvalue weighted by Gasteiger charge is -2.36. The Balaban J connectivity index is 4.49. The van der Waals surface area contributed by atoms with E-state index in [0.717, 1.165) is 6.42 Å². The van der Waals surface area contributed by atoms with Gasteiger partial charge in [0.15, 0.2) is 0 Å². The average molecular weight is 220 g/mol. The maximum absolute atomic E-state index is 10.7. The van der Waals surface area contributed by atoms with Crippen LogP contribution in [-0.2, 0) is 10.7 Å². The van der Waals surface area contributed by atoms with Crippen LogP contribution in [0.3, 0.4) is 0 Å². The molecule has 0 saturated carbocycles. The Morgan fingerprint density at radius 2 is 1.50 bits per heavy atom. The quantitative estimate of drug-likeness (QED) is 0.723. The third-order valence-corrected chi connectivity index (χ3v) is 4.17. The van der Waals surface area contributed by atoms with Gasteiger partial charge < -0.3 is 0 Å². The van der Waals surface area contributed by atoms with Gasteiger partial charge in [-0.1, -0.05) is 41.5 Å². The lowest BCUT2D eigenvalue weighted by atomic mass is 9.70. The molecule has 0 aromatic heterocycles. The maximum atomic E-state index is 10.7. The summed E-state index contributed by atoms with van der Waals surface area (Å²) in [4.78, 5) is 0. The smallest absolute Gasteiger partial charge is 0.140 e. The average Bonchev–Trinajstić information content (AvgIpc) is 1.79. The number of thiol groups is 1. The molecular weight excluding hydrogens is 196 g/mol. The summed E-state index contributed by atoms with van der Waals surface area (Å²) < 4.78 is 21.4. The fourth-order valence-corrected chi connectivity index (χ4v) is 2.65. The van der Waals surface area contributed by atoms with Crippen LogP contribution in [0.2, 0.25) is 0 Å². The van der Waals surface area contributed by atoms with Crippen molar-refractivity contribution in [2.45, 2.75) is 48.0 Å². The predicted octanol–water partition coefficient (Wildman–Crippen LogP) is 2.70. The van der Waals surface area contributed by atoms with Crippen LogP contribution in [-0.4, -0.2) is 14.2 Å². The molecule has 0 aliphatic heterocycles. The molecule has 0 bridgehead atoms. The van der Waals surface area contributed by atoms with Crippen LogP contribution in [0.1, 0.15) is 48.0 Å². The zero-order valence-corrected chi connectivity index (χ0v) is 11.1. The molecule has 0 atom stereocenters. The lowest BCUT2D eigenvalue weighted by Crippen LogP contribution is -2.30. The van der Waals surface area contributed by atoms with Crippen molar-refractivity contribution in [1.82, 2.24) is 0 Å². The molecular formula is C11H24O2S. The molecule has 0 heterocycles. The minimum Gasteiger partial charge on any atom is -0.232 e. The molecule has 0 aliphatic carbocycles. The van der Waals surface area contributed by atoms with Gasteiger partial charge in [-0.05, 0) is 23.2 Å². The minimum absolute atomic E-state index is 0.108. The Bertz CT molecular complexity index is 242. The van der Waals surface area contributed by atoms with Gasteiger partial charge in [-0.2, -0.15) is 0 Å². The summed E-state index contributed by atoms with van der Waals surface area (Å²) in [6, 6.07) is 0. The van der Waals surface area contributed by atoms with E-state index >= 15 is 0 Å². The normalized spacial score (nSPS) is 14.0. The van der Waals surface area contributed by atoms with Crippen LogP contribution < -0.4 is 0 Å². The van der Waals surface area contributed by atoms with Crippen molar-refractivity contribution in [1.29, 1.82) is 0 Å². The van der Waals surface area contributed by atoms with E-state index in [1.165, 1.54) is 0 Å². The van der Waals surface area contributed by atoms with Gasteiger partial charge in [-0.3, -0.25) is 0 Å². The second-order valence-corrected chi connectivity index (χ2v) is 6.96. The van der Waals surface area contributed by atoms with Crippen molar-refractivity contribution in [3.8, 4) is 0 Å². The van der Waals surface area contributed by atoms with Gasteiger partial charge in [-0.25, -0.2) is 8.42 Å². The molecule has 0 radical (unpaired) electrons. The highest BCUT2D eigenvalue weighted by molar-refractivity contribution is 7.72. The molecule has 14 heavy (non-hydrogen) atoms. The number of hydrogen-bond donors (Lipinski definition) is 1. The molecule has 0 rings (SSSR count). The molecule has 0 spiro atoms. The van der Waals surface area contributed by atoms with E-state index in [4.69, 9.17) is 0 Å². The molecule has 0 fully saturated rings. The zero-order valence-electron chi connectivity index (χ0n) is 10.3. The Kier molecular flexibility index (Phi) is 4.63. The Morgan fingerprint density at radius 3 is 1.79 bits per heavy atom. The molecule has 0 amide bonds. The van der Waals surface area contributed by atoms with E-state index in [9.17, 15) is 8.42 Å². The Hall–Kier alpha value is -0.0500. The van der Waals surface area contributed by atoms with Crippen molar-refractivity contribution in [2.24, 2.45) is 16.7 Å². The van der Waals surface area contributed by atoms with Gasteiger partial charge in [0.2, 0.25) is 0 Å². The Morgan fingerprint density at radius 1 is 1.07 bits per heavy atom. The molecule has 0 aromatic rings. The fourth-order valence-electron chi connectivity index (χ4n) is 1.84. The summed E-state index contributed by atoms with van der Waals surface area (Å²) in [6.07, 6.45) is 0.945. The summed E-state index contributed by atoms with van der Waals surface area (Å²) in [5.74, 6) is 0.865. The van der Waals surface area contributed by atoms with Gasteiger partial charge >= 0.3 is 0 Å². The summed E-state index contributed by atoms with van der Waals surface area (Å²) in [6.45, 7) is 12.8. The summed E-state index contributed by atoms with van der Waals surface area (Å²) in [5.41, 5.74) is 0.0951. The third kappa shape index (κ3) is 4.99. The third-order valence-electron chi connectivity index (χ3n) is 3.05. The summed E-state index contributed by atoms with van der Waals surface area (Å²) in [7, 11) is -2.26. The molecule has 3 heteroatoms. The molecule has 86 valence electrons. The molecule has 0 saturated heterocycles. The van der Waals surface area contributed by atoms with E-state index < -0.39 is 10.7 Å². The topological polar surface area (TPSA) is 34.1 Å². The van der Waals surface area contributed by atoms with E-state index in [1.54, 1.807) is 0 Å². The SMILES string of the molecule is CC(C)C(C)(C)CC(C)(C)C[SH](=O)=O. The van der Waals surface area contributed by atoms with Gasteiger partial charge in [0.25, 0.3) is 0 Å². The van der Waals surface area contributed by atoms with Gasteiger partial charge in [0.05, 0.1) is 5.75 Å². The molecule has 2 nitrogen and oxygen atoms in total. The first-order valence-electron chi connectivity index (χ1n) is 5.19. The van der Waals surface area contributed by atoms with Crippen molar-refractivity contribution in [3.05, 3.63) is 0 Å². The lowest BCUT2D eigenvalue weighted by molar-refractivity contribution is 0.154. The van der Waals surface area contributed by atoms with E-state index in [2.05, 4.69) is 27.7 Å². The highest BCUT2D eigenvalue weighted by Crippen LogP contribution is 2.38. The van der Waals surface area contributed by atoms with Crippen LogP contribution in [0, 0.1) is 16.7 Å². The maximum Gasteiger partial charge on any atom is 0.140 e. The van der Waals surface area contributed by atoms with Gasteiger partial charge in [-0.15, -0.1) is 0 Å². The van der Waals surface area contributed by atoms with Gasteiger partial charge in [0.1, 0.15) is 10.7 Å². The zero-order chi connectivity index (χ0) is 11.6. The van der Waals surface area contributed by atoms with Gasteiger partial charge in [0, 0.05) is 0 Å².